The molecule has 0 unspecified atom stereocenters. The highest BCUT2D eigenvalue weighted by Gasteiger charge is 2.18. The van der Waals surface area contributed by atoms with Crippen LogP contribution in [0.2, 0.25) is 0 Å². The summed E-state index contributed by atoms with van der Waals surface area (Å²) in [4.78, 5) is 17.5. The van der Waals surface area contributed by atoms with Crippen molar-refractivity contribution in [2.24, 2.45) is 10.2 Å². The van der Waals surface area contributed by atoms with Gasteiger partial charge in [0.1, 0.15) is 5.75 Å². The number of ether oxygens (including phenoxy) is 1. The first-order chi connectivity index (χ1) is 14.9. The van der Waals surface area contributed by atoms with Gasteiger partial charge in [-0.15, -0.1) is 10.2 Å². The number of hydrogen-bond acceptors (Lipinski definition) is 5. The fourth-order valence-corrected chi connectivity index (χ4v) is 3.78. The van der Waals surface area contributed by atoms with Crippen LogP contribution in [0, 0.1) is 13.8 Å². The van der Waals surface area contributed by atoms with Crippen LogP contribution in [0.25, 0.3) is 21.8 Å². The Labute approximate surface area is 180 Å². The van der Waals surface area contributed by atoms with Crippen molar-refractivity contribution < 1.29 is 14.6 Å². The largest absolute Gasteiger partial charge is 0.497 e. The highest BCUT2D eigenvalue weighted by Crippen LogP contribution is 2.39. The van der Waals surface area contributed by atoms with Gasteiger partial charge in [0.2, 0.25) is 5.88 Å². The van der Waals surface area contributed by atoms with E-state index in [1.54, 1.807) is 29.9 Å². The smallest absolute Gasteiger partial charge is 0.296 e. The number of amides is 1. The van der Waals surface area contributed by atoms with E-state index in [0.717, 1.165) is 22.9 Å². The molecule has 0 aliphatic carbocycles. The number of methoxy groups -OCH3 is 1. The molecule has 2 aromatic carbocycles. The summed E-state index contributed by atoms with van der Waals surface area (Å²) in [6.45, 7) is 6.47. The van der Waals surface area contributed by atoms with Crippen LogP contribution in [0.4, 0.5) is 5.69 Å². The molecule has 4 rings (SSSR count). The number of carbonyl (C=O) groups excluding carboxylic acids is 1. The first-order valence-corrected chi connectivity index (χ1v) is 10.2. The predicted molar refractivity (Wildman–Crippen MR) is 121 cm³/mol. The van der Waals surface area contributed by atoms with E-state index in [0.29, 0.717) is 40.1 Å². The van der Waals surface area contributed by atoms with Crippen LogP contribution in [0.3, 0.4) is 0 Å². The number of rotatable bonds is 5. The lowest BCUT2D eigenvalue weighted by Gasteiger charge is -2.06. The van der Waals surface area contributed by atoms with E-state index in [1.807, 2.05) is 45.0 Å². The van der Waals surface area contributed by atoms with Gasteiger partial charge in [0.05, 0.1) is 23.7 Å². The zero-order valence-electron chi connectivity index (χ0n) is 18.0. The second-order valence-electron chi connectivity index (χ2n) is 7.54. The van der Waals surface area contributed by atoms with E-state index in [9.17, 15) is 9.90 Å². The van der Waals surface area contributed by atoms with Crippen LogP contribution >= 0.6 is 0 Å². The van der Waals surface area contributed by atoms with Gasteiger partial charge in [0.15, 0.2) is 5.69 Å². The van der Waals surface area contributed by atoms with E-state index < -0.39 is 5.91 Å². The molecule has 158 valence electrons. The van der Waals surface area contributed by atoms with Gasteiger partial charge < -0.3 is 14.4 Å². The molecule has 7 nitrogen and oxygen atoms in total. The summed E-state index contributed by atoms with van der Waals surface area (Å²) in [5.74, 6) is 0.128. The summed E-state index contributed by atoms with van der Waals surface area (Å²) in [6, 6.07) is 12.9. The number of carbonyl (C=O) groups is 1. The molecule has 0 bridgehead atoms. The average molecular weight is 416 g/mol. The highest BCUT2D eigenvalue weighted by atomic mass is 16.5. The van der Waals surface area contributed by atoms with E-state index in [-0.39, 0.29) is 5.88 Å². The highest BCUT2D eigenvalue weighted by molar-refractivity contribution is 6.07. The van der Waals surface area contributed by atoms with Gasteiger partial charge >= 0.3 is 0 Å². The molecule has 1 N–H and O–H groups in total. The zero-order valence-corrected chi connectivity index (χ0v) is 18.0. The van der Waals surface area contributed by atoms with Gasteiger partial charge in [0.25, 0.3) is 5.91 Å². The number of nitrogens with zero attached hydrogens (tertiary/aromatic N) is 4. The molecular formula is C24H24N4O3. The van der Waals surface area contributed by atoms with Crippen molar-refractivity contribution in [1.82, 2.24) is 9.55 Å². The molecule has 1 amide bonds. The van der Waals surface area contributed by atoms with E-state index >= 15 is 0 Å². The third-order valence-corrected chi connectivity index (χ3v) is 5.23. The molecule has 0 saturated heterocycles. The third kappa shape index (κ3) is 3.74. The van der Waals surface area contributed by atoms with Crippen LogP contribution in [0.1, 0.15) is 35.0 Å². The Hall–Kier alpha value is -3.74. The van der Waals surface area contributed by atoms with Gasteiger partial charge in [0, 0.05) is 23.0 Å². The maximum absolute atomic E-state index is 13.0. The molecule has 0 radical (unpaired) electrons. The number of fused-ring (bicyclic) bond motifs is 2. The van der Waals surface area contributed by atoms with Crippen molar-refractivity contribution in [2.45, 2.75) is 33.7 Å². The third-order valence-electron chi connectivity index (χ3n) is 5.23. The normalized spacial score (nSPS) is 11.6. The summed E-state index contributed by atoms with van der Waals surface area (Å²) >= 11 is 0. The van der Waals surface area contributed by atoms with Crippen molar-refractivity contribution in [2.75, 3.05) is 7.11 Å². The minimum Gasteiger partial charge on any atom is -0.497 e. The van der Waals surface area contributed by atoms with Crippen molar-refractivity contribution in [3.05, 3.63) is 59.3 Å². The zero-order chi connectivity index (χ0) is 22.1. The van der Waals surface area contributed by atoms with Crippen LogP contribution in [0.15, 0.2) is 52.7 Å². The lowest BCUT2D eigenvalue weighted by Crippen LogP contribution is -1.99. The Kier molecular flexibility index (Phi) is 5.42. The van der Waals surface area contributed by atoms with Crippen molar-refractivity contribution >= 4 is 33.4 Å². The SMILES string of the molecule is CCCn1c(O)c(N=NC(=O)c2cc(C)nc3ccc(OC)cc23)c2cc(C)ccc21. The van der Waals surface area contributed by atoms with Crippen molar-refractivity contribution in [1.29, 1.82) is 0 Å². The Bertz CT molecular complexity index is 1340. The number of benzene rings is 2. The van der Waals surface area contributed by atoms with Crippen LogP contribution in [-0.2, 0) is 6.54 Å². The summed E-state index contributed by atoms with van der Waals surface area (Å²) in [5.41, 5.74) is 3.96. The van der Waals surface area contributed by atoms with Gasteiger partial charge in [-0.2, -0.15) is 0 Å². The molecule has 0 spiro atoms. The van der Waals surface area contributed by atoms with Gasteiger partial charge in [-0.05, 0) is 56.7 Å². The van der Waals surface area contributed by atoms with Crippen molar-refractivity contribution in [3.63, 3.8) is 0 Å². The molecule has 31 heavy (non-hydrogen) atoms. The summed E-state index contributed by atoms with van der Waals surface area (Å²) in [7, 11) is 1.57. The lowest BCUT2D eigenvalue weighted by atomic mass is 10.1. The minimum absolute atomic E-state index is 0.0106. The maximum atomic E-state index is 13.0. The number of azo groups is 1. The molecule has 0 atom stereocenters. The van der Waals surface area contributed by atoms with Gasteiger partial charge in [-0.25, -0.2) is 0 Å². The van der Waals surface area contributed by atoms with E-state index in [4.69, 9.17) is 4.74 Å². The standard InChI is InChI=1S/C24H24N4O3/c1-5-10-28-21-9-6-14(2)11-19(21)22(24(28)30)26-27-23(29)18-12-15(3)25-20-8-7-16(31-4)13-17(18)20/h6-9,11-13,30H,5,10H2,1-4H3. The Balaban J connectivity index is 1.81. The predicted octanol–water partition coefficient (Wildman–Crippen LogP) is 5.85. The number of aryl methyl sites for hydroxylation is 3. The van der Waals surface area contributed by atoms with Crippen LogP contribution < -0.4 is 4.74 Å². The Morgan fingerprint density at radius 1 is 1.13 bits per heavy atom. The monoisotopic (exact) mass is 416 g/mol. The summed E-state index contributed by atoms with van der Waals surface area (Å²) in [5, 5.41) is 20.3. The van der Waals surface area contributed by atoms with E-state index in [2.05, 4.69) is 15.2 Å². The average Bonchev–Trinajstić information content (AvgIpc) is 3.01. The Morgan fingerprint density at radius 2 is 1.94 bits per heavy atom. The minimum atomic E-state index is -0.507. The first kappa shape index (κ1) is 20.5. The number of hydrogen-bond donors (Lipinski definition) is 1. The topological polar surface area (TPSA) is 89.1 Å². The number of aromatic nitrogens is 2. The first-order valence-electron chi connectivity index (χ1n) is 10.2. The van der Waals surface area contributed by atoms with Crippen molar-refractivity contribution in [3.8, 4) is 11.6 Å². The second-order valence-corrected chi connectivity index (χ2v) is 7.54. The number of pyridine rings is 1. The molecule has 0 saturated carbocycles. The fraction of sp³-hybridized carbons (Fsp3) is 0.250. The summed E-state index contributed by atoms with van der Waals surface area (Å²) in [6.07, 6.45) is 0.852. The molecule has 2 heterocycles. The molecule has 0 aliphatic heterocycles. The molecule has 0 fully saturated rings. The van der Waals surface area contributed by atoms with Crippen LogP contribution in [0.5, 0.6) is 11.6 Å². The van der Waals surface area contributed by atoms with Gasteiger partial charge in [-0.1, -0.05) is 18.6 Å². The van der Waals surface area contributed by atoms with E-state index in [1.165, 1.54) is 0 Å². The second kappa shape index (κ2) is 8.18. The van der Waals surface area contributed by atoms with Gasteiger partial charge in [-0.3, -0.25) is 9.78 Å². The fourth-order valence-electron chi connectivity index (χ4n) is 3.78. The quantitative estimate of drug-likeness (QED) is 0.413. The number of aromatic hydroxyl groups is 1. The molecule has 4 aromatic rings. The summed E-state index contributed by atoms with van der Waals surface area (Å²) < 4.78 is 7.08. The Morgan fingerprint density at radius 3 is 2.68 bits per heavy atom. The molecular weight excluding hydrogens is 392 g/mol. The molecule has 0 aliphatic rings. The maximum Gasteiger partial charge on any atom is 0.296 e. The molecule has 2 aromatic heterocycles. The van der Waals surface area contributed by atoms with Crippen LogP contribution in [-0.4, -0.2) is 27.7 Å². The molecule has 7 heteroatoms. The lowest BCUT2D eigenvalue weighted by molar-refractivity contribution is 0.0996.